The number of carbonyl (C=O) groups is 2. The van der Waals surface area contributed by atoms with Gasteiger partial charge in [-0.3, -0.25) is 9.59 Å². The summed E-state index contributed by atoms with van der Waals surface area (Å²) in [6.07, 6.45) is 7.54. The number of piperidine rings is 1. The van der Waals surface area contributed by atoms with Gasteiger partial charge in [-0.1, -0.05) is 13.3 Å². The third-order valence-electron chi connectivity index (χ3n) is 5.45. The molecular weight excluding hydrogens is 266 g/mol. The molecule has 0 radical (unpaired) electrons. The summed E-state index contributed by atoms with van der Waals surface area (Å²) in [5, 5.41) is 0. The molecule has 0 bridgehead atoms. The van der Waals surface area contributed by atoms with Gasteiger partial charge in [0.1, 0.15) is 11.4 Å². The van der Waals surface area contributed by atoms with Gasteiger partial charge in [0, 0.05) is 32.0 Å². The highest BCUT2D eigenvalue weighted by molar-refractivity contribution is 5.87. The van der Waals surface area contributed by atoms with E-state index in [9.17, 15) is 9.59 Å². The molecule has 21 heavy (non-hydrogen) atoms. The fourth-order valence-electron chi connectivity index (χ4n) is 3.73. The molecule has 4 nitrogen and oxygen atoms in total. The van der Waals surface area contributed by atoms with Crippen molar-refractivity contribution in [2.45, 2.75) is 76.9 Å². The topological polar surface area (TPSA) is 46.6 Å². The number of carbonyl (C=O) groups excluding carboxylic acids is 2. The van der Waals surface area contributed by atoms with Gasteiger partial charge in [0.2, 0.25) is 0 Å². The summed E-state index contributed by atoms with van der Waals surface area (Å²) >= 11 is 0. The Bertz CT molecular complexity index is 389. The monoisotopic (exact) mass is 295 g/mol. The molecule has 2 rings (SSSR count). The molecule has 4 heteroatoms. The van der Waals surface area contributed by atoms with E-state index in [1.165, 1.54) is 0 Å². The van der Waals surface area contributed by atoms with Gasteiger partial charge in [-0.05, 0) is 45.4 Å². The molecule has 1 aliphatic heterocycles. The number of rotatable bonds is 4. The summed E-state index contributed by atoms with van der Waals surface area (Å²) in [5.41, 5.74) is -0.757. The standard InChI is InChI=1S/C17H29NO3/c1-4-17(2,21-3)16(20)18-12-8-7-10-14(18)13-9-5-6-11-15(13)19/h13-14H,4-12H2,1-3H3. The second-order valence-corrected chi connectivity index (χ2v) is 6.67. The number of hydrogen-bond acceptors (Lipinski definition) is 3. The fourth-order valence-corrected chi connectivity index (χ4v) is 3.73. The highest BCUT2D eigenvalue weighted by atomic mass is 16.5. The number of nitrogens with zero attached hydrogens (tertiary/aromatic N) is 1. The van der Waals surface area contributed by atoms with Gasteiger partial charge in [-0.25, -0.2) is 0 Å². The van der Waals surface area contributed by atoms with Crippen LogP contribution in [0.4, 0.5) is 0 Å². The number of likely N-dealkylation sites (tertiary alicyclic amines) is 1. The average Bonchev–Trinajstić information content (AvgIpc) is 2.54. The van der Waals surface area contributed by atoms with Crippen molar-refractivity contribution in [1.29, 1.82) is 0 Å². The quantitative estimate of drug-likeness (QED) is 0.801. The smallest absolute Gasteiger partial charge is 0.254 e. The Morgan fingerprint density at radius 3 is 2.62 bits per heavy atom. The van der Waals surface area contributed by atoms with Crippen molar-refractivity contribution in [1.82, 2.24) is 4.90 Å². The van der Waals surface area contributed by atoms with E-state index in [4.69, 9.17) is 4.74 Å². The second kappa shape index (κ2) is 6.91. The zero-order chi connectivity index (χ0) is 15.5. The Morgan fingerprint density at radius 2 is 2.00 bits per heavy atom. The van der Waals surface area contributed by atoms with Crippen molar-refractivity contribution in [3.05, 3.63) is 0 Å². The maximum Gasteiger partial charge on any atom is 0.254 e. The van der Waals surface area contributed by atoms with Gasteiger partial charge in [-0.15, -0.1) is 0 Å². The summed E-state index contributed by atoms with van der Waals surface area (Å²) in [6, 6.07) is 0.0973. The summed E-state index contributed by atoms with van der Waals surface area (Å²) in [5.74, 6) is 0.484. The van der Waals surface area contributed by atoms with Gasteiger partial charge >= 0.3 is 0 Å². The highest BCUT2D eigenvalue weighted by Gasteiger charge is 2.43. The lowest BCUT2D eigenvalue weighted by atomic mass is 9.78. The molecule has 2 fully saturated rings. The van der Waals surface area contributed by atoms with Gasteiger partial charge in [-0.2, -0.15) is 0 Å². The Labute approximate surface area is 128 Å². The number of hydrogen-bond donors (Lipinski definition) is 0. The van der Waals surface area contributed by atoms with Crippen molar-refractivity contribution in [2.24, 2.45) is 5.92 Å². The van der Waals surface area contributed by atoms with Crippen LogP contribution in [0.2, 0.25) is 0 Å². The third-order valence-corrected chi connectivity index (χ3v) is 5.45. The van der Waals surface area contributed by atoms with Crippen LogP contribution in [0.1, 0.15) is 65.2 Å². The van der Waals surface area contributed by atoms with Crippen LogP contribution >= 0.6 is 0 Å². The lowest BCUT2D eigenvalue weighted by Crippen LogP contribution is -2.56. The maximum absolute atomic E-state index is 12.9. The third kappa shape index (κ3) is 3.31. The average molecular weight is 295 g/mol. The molecule has 3 unspecified atom stereocenters. The predicted molar refractivity (Wildman–Crippen MR) is 82.0 cm³/mol. The van der Waals surface area contributed by atoms with E-state index in [0.717, 1.165) is 45.1 Å². The van der Waals surface area contributed by atoms with Crippen LogP contribution in [0.25, 0.3) is 0 Å². The molecule has 1 heterocycles. The SMILES string of the molecule is CCC(C)(OC)C(=O)N1CCCCC1C1CCCCC1=O. The van der Waals surface area contributed by atoms with Crippen LogP contribution in [0.5, 0.6) is 0 Å². The second-order valence-electron chi connectivity index (χ2n) is 6.67. The van der Waals surface area contributed by atoms with E-state index in [2.05, 4.69) is 0 Å². The molecule has 1 saturated heterocycles. The molecule has 0 spiro atoms. The minimum absolute atomic E-state index is 0.0564. The molecule has 0 aromatic rings. The molecule has 3 atom stereocenters. The zero-order valence-corrected chi connectivity index (χ0v) is 13.7. The van der Waals surface area contributed by atoms with Gasteiger partial charge in [0.05, 0.1) is 0 Å². The van der Waals surface area contributed by atoms with E-state index in [-0.39, 0.29) is 17.9 Å². The van der Waals surface area contributed by atoms with Crippen molar-refractivity contribution in [2.75, 3.05) is 13.7 Å². The molecule has 0 aromatic carbocycles. The van der Waals surface area contributed by atoms with E-state index in [0.29, 0.717) is 18.6 Å². The molecule has 1 amide bonds. The first kappa shape index (κ1) is 16.5. The molecule has 120 valence electrons. The molecule has 0 aromatic heterocycles. The summed E-state index contributed by atoms with van der Waals surface area (Å²) in [7, 11) is 1.60. The van der Waals surface area contributed by atoms with Crippen molar-refractivity contribution >= 4 is 11.7 Å². The summed E-state index contributed by atoms with van der Waals surface area (Å²) in [4.78, 5) is 27.2. The van der Waals surface area contributed by atoms with Crippen LogP contribution in [0.3, 0.4) is 0 Å². The normalized spacial score (nSPS) is 30.0. The number of ketones is 1. The van der Waals surface area contributed by atoms with Crippen LogP contribution in [0, 0.1) is 5.92 Å². The highest BCUT2D eigenvalue weighted by Crippen LogP contribution is 2.33. The van der Waals surface area contributed by atoms with E-state index in [1.807, 2.05) is 18.7 Å². The van der Waals surface area contributed by atoms with Crippen LogP contribution < -0.4 is 0 Å². The van der Waals surface area contributed by atoms with E-state index in [1.54, 1.807) is 7.11 Å². The Kier molecular flexibility index (Phi) is 5.42. The molecule has 1 aliphatic carbocycles. The first-order valence-electron chi connectivity index (χ1n) is 8.42. The molecule has 0 N–H and O–H groups in total. The van der Waals surface area contributed by atoms with Crippen LogP contribution in [-0.4, -0.2) is 41.9 Å². The van der Waals surface area contributed by atoms with Crippen LogP contribution in [-0.2, 0) is 14.3 Å². The Morgan fingerprint density at radius 1 is 1.29 bits per heavy atom. The van der Waals surface area contributed by atoms with Gasteiger partial charge in [0.25, 0.3) is 5.91 Å². The molecular formula is C17H29NO3. The minimum Gasteiger partial charge on any atom is -0.369 e. The van der Waals surface area contributed by atoms with E-state index >= 15 is 0 Å². The summed E-state index contributed by atoms with van der Waals surface area (Å²) in [6.45, 7) is 4.61. The van der Waals surface area contributed by atoms with Crippen molar-refractivity contribution in [3.8, 4) is 0 Å². The summed E-state index contributed by atoms with van der Waals surface area (Å²) < 4.78 is 5.49. The molecule has 2 aliphatic rings. The number of methoxy groups -OCH3 is 1. The number of Topliss-reactive ketones (excluding diaryl/α,β-unsaturated/α-hetero) is 1. The first-order chi connectivity index (χ1) is 10.0. The fraction of sp³-hybridized carbons (Fsp3) is 0.882. The lowest BCUT2D eigenvalue weighted by molar-refractivity contribution is -0.159. The Balaban J connectivity index is 2.18. The largest absolute Gasteiger partial charge is 0.369 e. The number of amides is 1. The van der Waals surface area contributed by atoms with Crippen molar-refractivity contribution < 1.29 is 14.3 Å². The first-order valence-corrected chi connectivity index (χ1v) is 8.42. The Hall–Kier alpha value is -0.900. The minimum atomic E-state index is -0.757. The van der Waals surface area contributed by atoms with Crippen molar-refractivity contribution in [3.63, 3.8) is 0 Å². The maximum atomic E-state index is 12.9. The van der Waals surface area contributed by atoms with E-state index < -0.39 is 5.60 Å². The zero-order valence-electron chi connectivity index (χ0n) is 13.7. The predicted octanol–water partition coefficient (Wildman–Crippen LogP) is 2.94. The van der Waals surface area contributed by atoms with Gasteiger partial charge < -0.3 is 9.64 Å². The molecule has 1 saturated carbocycles. The lowest BCUT2D eigenvalue weighted by Gasteiger charge is -2.44. The van der Waals surface area contributed by atoms with Gasteiger partial charge in [0.15, 0.2) is 0 Å². The van der Waals surface area contributed by atoms with Crippen LogP contribution in [0.15, 0.2) is 0 Å². The number of ether oxygens (including phenoxy) is 1.